The van der Waals surface area contributed by atoms with Crippen molar-refractivity contribution in [1.82, 2.24) is 14.5 Å². The van der Waals surface area contributed by atoms with Crippen molar-refractivity contribution in [3.63, 3.8) is 0 Å². The van der Waals surface area contributed by atoms with Crippen LogP contribution in [0, 0.1) is 0 Å². The van der Waals surface area contributed by atoms with Crippen LogP contribution in [0.5, 0.6) is 0 Å². The predicted octanol–water partition coefficient (Wildman–Crippen LogP) is 2.13. The van der Waals surface area contributed by atoms with Gasteiger partial charge in [0.25, 0.3) is 5.56 Å². The molecule has 0 aliphatic heterocycles. The summed E-state index contributed by atoms with van der Waals surface area (Å²) in [5.41, 5.74) is -0.469. The minimum Gasteiger partial charge on any atom is -0.383 e. The molecule has 1 atom stereocenters. The van der Waals surface area contributed by atoms with Gasteiger partial charge in [-0.3, -0.25) is 14.2 Å². The zero-order valence-corrected chi connectivity index (χ0v) is 16.3. The van der Waals surface area contributed by atoms with Gasteiger partial charge < -0.3 is 10.1 Å². The minimum absolute atomic E-state index is 0.265. The number of ether oxygens (including phenoxy) is 1. The first kappa shape index (κ1) is 19.9. The molecule has 1 N–H and O–H groups in total. The van der Waals surface area contributed by atoms with Crippen LogP contribution in [0.1, 0.15) is 13.0 Å². The number of amides is 1. The smallest absolute Gasteiger partial charge is 0.336 e. The third kappa shape index (κ3) is 3.58. The number of para-hydroxylation sites is 2. The fraction of sp³-hybridized carbons (Fsp3) is 0.250. The Labute approximate surface area is 166 Å². The number of benzene rings is 2. The van der Waals surface area contributed by atoms with Crippen LogP contribution in [0.3, 0.4) is 0 Å². The van der Waals surface area contributed by atoms with Gasteiger partial charge >= 0.3 is 5.69 Å². The van der Waals surface area contributed by atoms with Gasteiger partial charge in [-0.1, -0.05) is 35.9 Å². The molecular formula is C20H20ClN3O4. The summed E-state index contributed by atoms with van der Waals surface area (Å²) in [4.78, 5) is 38.9. The number of fused-ring (bicyclic) bond motifs is 1. The third-order valence-corrected chi connectivity index (χ3v) is 4.78. The van der Waals surface area contributed by atoms with E-state index in [1.54, 1.807) is 55.5 Å². The van der Waals surface area contributed by atoms with Gasteiger partial charge in [0.05, 0.1) is 28.2 Å². The van der Waals surface area contributed by atoms with E-state index in [2.05, 4.69) is 5.32 Å². The second-order valence-corrected chi connectivity index (χ2v) is 6.63. The standard InChI is InChI=1S/C20H20ClN3O4/c1-13(18(25)22-11-12-28-2)23-16-9-5-3-7-14(16)19(26)24(20(23)27)17-10-6-4-8-15(17)21/h3-10,13H,11-12H2,1-2H3,(H,22,25)/t13-/m0/s1. The van der Waals surface area contributed by atoms with Crippen LogP contribution in [0.15, 0.2) is 58.1 Å². The van der Waals surface area contributed by atoms with Crippen LogP contribution in [0.2, 0.25) is 5.02 Å². The summed E-state index contributed by atoms with van der Waals surface area (Å²) in [6.07, 6.45) is 0. The molecule has 1 aromatic heterocycles. The highest BCUT2D eigenvalue weighted by Gasteiger charge is 2.23. The molecule has 0 spiro atoms. The Hall–Kier alpha value is -2.90. The lowest BCUT2D eigenvalue weighted by molar-refractivity contribution is -0.124. The van der Waals surface area contributed by atoms with Crippen LogP contribution in [-0.4, -0.2) is 35.3 Å². The van der Waals surface area contributed by atoms with Gasteiger partial charge in [-0.05, 0) is 31.2 Å². The highest BCUT2D eigenvalue weighted by atomic mass is 35.5. The topological polar surface area (TPSA) is 82.3 Å². The van der Waals surface area contributed by atoms with Crippen LogP contribution in [0.25, 0.3) is 16.6 Å². The Bertz CT molecular complexity index is 1140. The van der Waals surface area contributed by atoms with E-state index in [1.807, 2.05) is 0 Å². The number of rotatable bonds is 6. The summed E-state index contributed by atoms with van der Waals surface area (Å²) in [6, 6.07) is 12.4. The second-order valence-electron chi connectivity index (χ2n) is 6.22. The van der Waals surface area contributed by atoms with Crippen molar-refractivity contribution in [3.05, 3.63) is 74.4 Å². The number of methoxy groups -OCH3 is 1. The molecule has 1 heterocycles. The maximum atomic E-state index is 13.3. The summed E-state index contributed by atoms with van der Waals surface area (Å²) in [5.74, 6) is -0.353. The first-order valence-corrected chi connectivity index (χ1v) is 9.13. The monoisotopic (exact) mass is 401 g/mol. The molecule has 0 fully saturated rings. The van der Waals surface area contributed by atoms with Crippen molar-refractivity contribution in [1.29, 1.82) is 0 Å². The van der Waals surface area contributed by atoms with Gasteiger partial charge in [0.1, 0.15) is 6.04 Å². The number of aromatic nitrogens is 2. The lowest BCUT2D eigenvalue weighted by Gasteiger charge is -2.20. The van der Waals surface area contributed by atoms with Gasteiger partial charge in [0.2, 0.25) is 5.91 Å². The molecule has 2 aromatic carbocycles. The number of carbonyl (C=O) groups is 1. The van der Waals surface area contributed by atoms with E-state index >= 15 is 0 Å². The largest absolute Gasteiger partial charge is 0.383 e. The summed E-state index contributed by atoms with van der Waals surface area (Å²) in [7, 11) is 1.53. The van der Waals surface area contributed by atoms with E-state index in [1.165, 1.54) is 11.7 Å². The first-order valence-electron chi connectivity index (χ1n) is 8.75. The molecule has 0 aliphatic carbocycles. The molecule has 0 bridgehead atoms. The van der Waals surface area contributed by atoms with Crippen molar-refractivity contribution in [2.45, 2.75) is 13.0 Å². The lowest BCUT2D eigenvalue weighted by Crippen LogP contribution is -2.44. The van der Waals surface area contributed by atoms with Crippen molar-refractivity contribution in [2.75, 3.05) is 20.3 Å². The molecular weight excluding hydrogens is 382 g/mol. The van der Waals surface area contributed by atoms with Gasteiger partial charge in [0, 0.05) is 13.7 Å². The maximum Gasteiger partial charge on any atom is 0.336 e. The molecule has 3 aromatic rings. The summed E-state index contributed by atoms with van der Waals surface area (Å²) in [6.45, 7) is 2.28. The van der Waals surface area contributed by atoms with E-state index in [0.717, 1.165) is 4.57 Å². The molecule has 0 saturated carbocycles. The number of nitrogens with zero attached hydrogens (tertiary/aromatic N) is 2. The quantitative estimate of drug-likeness (QED) is 0.641. The highest BCUT2D eigenvalue weighted by molar-refractivity contribution is 6.32. The number of carbonyl (C=O) groups excluding carboxylic acids is 1. The Balaban J connectivity index is 2.26. The van der Waals surface area contributed by atoms with E-state index < -0.39 is 17.3 Å². The zero-order valence-electron chi connectivity index (χ0n) is 15.5. The molecule has 7 nitrogen and oxygen atoms in total. The van der Waals surface area contributed by atoms with Crippen LogP contribution in [0.4, 0.5) is 0 Å². The van der Waals surface area contributed by atoms with Gasteiger partial charge in [-0.15, -0.1) is 0 Å². The molecule has 3 rings (SSSR count). The van der Waals surface area contributed by atoms with Gasteiger partial charge in [0.15, 0.2) is 0 Å². The van der Waals surface area contributed by atoms with Crippen molar-refractivity contribution in [2.24, 2.45) is 0 Å². The molecule has 0 unspecified atom stereocenters. The molecule has 8 heteroatoms. The molecule has 0 radical (unpaired) electrons. The number of nitrogens with one attached hydrogen (secondary N) is 1. The number of hydrogen-bond donors (Lipinski definition) is 1. The SMILES string of the molecule is COCCNC(=O)[C@H](C)n1c(=O)n(-c2ccccc2Cl)c(=O)c2ccccc21. The summed E-state index contributed by atoms with van der Waals surface area (Å²) < 4.78 is 7.25. The second kappa shape index (κ2) is 8.41. The Morgan fingerprint density at radius 3 is 2.54 bits per heavy atom. The average molecular weight is 402 g/mol. The van der Waals surface area contributed by atoms with Crippen molar-refractivity contribution < 1.29 is 9.53 Å². The highest BCUT2D eigenvalue weighted by Crippen LogP contribution is 2.19. The van der Waals surface area contributed by atoms with E-state index in [9.17, 15) is 14.4 Å². The van der Waals surface area contributed by atoms with Crippen molar-refractivity contribution >= 4 is 28.4 Å². The Morgan fingerprint density at radius 1 is 1.14 bits per heavy atom. The summed E-state index contributed by atoms with van der Waals surface area (Å²) >= 11 is 6.23. The molecule has 1 amide bonds. The van der Waals surface area contributed by atoms with E-state index in [0.29, 0.717) is 24.1 Å². The molecule has 146 valence electrons. The fourth-order valence-corrected chi connectivity index (χ4v) is 3.26. The summed E-state index contributed by atoms with van der Waals surface area (Å²) in [5, 5.41) is 3.30. The molecule has 28 heavy (non-hydrogen) atoms. The van der Waals surface area contributed by atoms with E-state index in [-0.39, 0.29) is 16.6 Å². The van der Waals surface area contributed by atoms with Crippen LogP contribution in [-0.2, 0) is 9.53 Å². The van der Waals surface area contributed by atoms with E-state index in [4.69, 9.17) is 16.3 Å². The number of hydrogen-bond acceptors (Lipinski definition) is 4. The maximum absolute atomic E-state index is 13.3. The van der Waals surface area contributed by atoms with Crippen LogP contribution < -0.4 is 16.6 Å². The first-order chi connectivity index (χ1) is 13.5. The van der Waals surface area contributed by atoms with Crippen molar-refractivity contribution in [3.8, 4) is 5.69 Å². The van der Waals surface area contributed by atoms with Gasteiger partial charge in [-0.25, -0.2) is 9.36 Å². The third-order valence-electron chi connectivity index (χ3n) is 4.46. The van der Waals surface area contributed by atoms with Crippen LogP contribution >= 0.6 is 11.6 Å². The molecule has 0 saturated heterocycles. The van der Waals surface area contributed by atoms with Gasteiger partial charge in [-0.2, -0.15) is 0 Å². The molecule has 0 aliphatic rings. The predicted molar refractivity (Wildman–Crippen MR) is 108 cm³/mol. The Morgan fingerprint density at radius 2 is 1.82 bits per heavy atom. The minimum atomic E-state index is -0.844. The lowest BCUT2D eigenvalue weighted by atomic mass is 10.2. The average Bonchev–Trinajstić information content (AvgIpc) is 2.69. The fourth-order valence-electron chi connectivity index (χ4n) is 3.04. The Kier molecular flexibility index (Phi) is 5.96. The normalized spacial score (nSPS) is 12.1. The number of halogens is 1. The zero-order chi connectivity index (χ0) is 20.3.